The van der Waals surface area contributed by atoms with Crippen molar-refractivity contribution in [3.05, 3.63) is 59.4 Å². The molecule has 3 aromatic rings. The van der Waals surface area contributed by atoms with Crippen molar-refractivity contribution >= 4 is 34.4 Å². The molecule has 1 aromatic heterocycles. The Morgan fingerprint density at radius 3 is 2.44 bits per heavy atom. The van der Waals surface area contributed by atoms with Gasteiger partial charge in [-0.3, -0.25) is 4.79 Å². The van der Waals surface area contributed by atoms with Gasteiger partial charge in [-0.25, -0.2) is 4.39 Å². The summed E-state index contributed by atoms with van der Waals surface area (Å²) in [6, 6.07) is 10.5. The molecule has 0 saturated heterocycles. The smallest absolute Gasteiger partial charge is 0.257 e. The molecule has 10 heteroatoms. The molecule has 2 unspecified atom stereocenters. The summed E-state index contributed by atoms with van der Waals surface area (Å²) >= 11 is -1.87. The molecule has 0 spiro atoms. The molecule has 2 aromatic carbocycles. The largest absolute Gasteiger partial charge is 0.546 e. The highest BCUT2D eigenvalue weighted by Crippen LogP contribution is 2.39. The Balaban J connectivity index is 1.96. The minimum absolute atomic E-state index is 0.110. The van der Waals surface area contributed by atoms with Gasteiger partial charge in [0.2, 0.25) is 11.6 Å². The number of phenols is 1. The summed E-state index contributed by atoms with van der Waals surface area (Å²) in [7, 11) is 3.17. The molecule has 0 radical (unpaired) electrons. The van der Waals surface area contributed by atoms with Crippen LogP contribution in [0, 0.1) is 11.2 Å². The molecule has 8 nitrogen and oxygen atoms in total. The van der Waals surface area contributed by atoms with Gasteiger partial charge in [0.05, 0.1) is 17.3 Å². The quantitative estimate of drug-likeness (QED) is 0.362. The van der Waals surface area contributed by atoms with E-state index in [4.69, 9.17) is 0 Å². The van der Waals surface area contributed by atoms with Crippen LogP contribution in [0.1, 0.15) is 42.7 Å². The van der Waals surface area contributed by atoms with Gasteiger partial charge in [0.25, 0.3) is 5.91 Å². The number of nitrogens with one attached hydrogen (secondary N) is 2. The number of aromatic nitrogens is 2. The van der Waals surface area contributed by atoms with Gasteiger partial charge in [-0.15, -0.1) is 0 Å². The van der Waals surface area contributed by atoms with E-state index in [1.807, 2.05) is 20.8 Å². The van der Waals surface area contributed by atoms with Gasteiger partial charge in [-0.1, -0.05) is 39.0 Å². The van der Waals surface area contributed by atoms with Crippen LogP contribution in [0.3, 0.4) is 0 Å². The van der Waals surface area contributed by atoms with Crippen LogP contribution in [0.15, 0.2) is 42.5 Å². The topological polar surface area (TPSA) is 113 Å². The summed E-state index contributed by atoms with van der Waals surface area (Å²) in [6.07, 6.45) is 0. The Labute approximate surface area is 189 Å². The molecule has 0 aliphatic rings. The lowest BCUT2D eigenvalue weighted by molar-refractivity contribution is 0.0824. The summed E-state index contributed by atoms with van der Waals surface area (Å²) in [4.78, 5) is 13.7. The van der Waals surface area contributed by atoms with E-state index in [1.54, 1.807) is 38.4 Å². The third-order valence-electron chi connectivity index (χ3n) is 4.82. The zero-order chi connectivity index (χ0) is 23.6. The van der Waals surface area contributed by atoms with E-state index in [-0.39, 0.29) is 51.8 Å². The number of carbonyl (C=O) groups is 1. The van der Waals surface area contributed by atoms with Crippen LogP contribution in [-0.4, -0.2) is 43.3 Å². The predicted octanol–water partition coefficient (Wildman–Crippen LogP) is 4.69. The Morgan fingerprint density at radius 1 is 1.16 bits per heavy atom. The molecule has 32 heavy (non-hydrogen) atoms. The van der Waals surface area contributed by atoms with E-state index in [1.165, 1.54) is 23.1 Å². The zero-order valence-electron chi connectivity index (χ0n) is 18.5. The summed E-state index contributed by atoms with van der Waals surface area (Å²) < 4.78 is 34.0. The van der Waals surface area contributed by atoms with Gasteiger partial charge < -0.3 is 25.2 Å². The molecular formula is C22H26FN5O3S. The first-order chi connectivity index (χ1) is 15.0. The van der Waals surface area contributed by atoms with Crippen molar-refractivity contribution in [2.45, 2.75) is 26.8 Å². The fourth-order valence-electron chi connectivity index (χ4n) is 3.25. The van der Waals surface area contributed by atoms with Crippen LogP contribution >= 0.6 is 11.1 Å². The van der Waals surface area contributed by atoms with E-state index >= 15 is 0 Å². The number of anilines is 3. The van der Waals surface area contributed by atoms with E-state index in [9.17, 15) is 18.8 Å². The van der Waals surface area contributed by atoms with Gasteiger partial charge in [-0.05, 0) is 35.2 Å². The maximum atomic E-state index is 13.9. The first kappa shape index (κ1) is 23.4. The minimum Gasteiger partial charge on any atom is -0.546 e. The summed E-state index contributed by atoms with van der Waals surface area (Å²) in [5.74, 6) is -0.651. The predicted molar refractivity (Wildman–Crippen MR) is 122 cm³/mol. The van der Waals surface area contributed by atoms with Crippen LogP contribution in [-0.2, 0) is 0 Å². The first-order valence-electron chi connectivity index (χ1n) is 9.90. The second kappa shape index (κ2) is 9.09. The van der Waals surface area contributed by atoms with Crippen molar-refractivity contribution in [1.29, 1.82) is 0 Å². The van der Waals surface area contributed by atoms with Gasteiger partial charge in [0, 0.05) is 22.8 Å². The zero-order valence-corrected chi connectivity index (χ0v) is 19.3. The molecule has 0 bridgehead atoms. The summed E-state index contributed by atoms with van der Waals surface area (Å²) in [6.45, 7) is 5.94. The van der Waals surface area contributed by atoms with Crippen LogP contribution in [0.2, 0.25) is 0 Å². The Bertz CT molecular complexity index is 1130. The number of para-hydroxylation sites is 1. The third-order valence-corrected chi connectivity index (χ3v) is 5.50. The second-order valence-corrected chi connectivity index (χ2v) is 9.46. The van der Waals surface area contributed by atoms with Gasteiger partial charge >= 0.3 is 0 Å². The maximum Gasteiger partial charge on any atom is 0.257 e. The van der Waals surface area contributed by atoms with Crippen LogP contribution < -0.4 is 10.6 Å². The number of phenolic OH excluding ortho intramolecular Hbond substituents is 1. The summed E-state index contributed by atoms with van der Waals surface area (Å²) in [5.41, 5.74) is 0.658. The van der Waals surface area contributed by atoms with Gasteiger partial charge in [0.15, 0.2) is 16.9 Å². The Kier molecular flexibility index (Phi) is 6.65. The second-order valence-electron chi connectivity index (χ2n) is 8.64. The average Bonchev–Trinajstić information content (AvgIpc) is 3.05. The molecule has 0 aliphatic carbocycles. The standard InChI is InChI=1S/C22H26FN5O3S/c1-22(2,3)18(13-8-6-9-14(23)12-13)25-20-19(26-32(31)27-20)24-16-11-7-10-15(17(16)29)21(30)28(4)5/h6-12,18,29H,1-5H3,(H,24,26)(H,25,27). The Hall–Kier alpha value is -3.24. The number of hydrogen-bond acceptors (Lipinski definition) is 7. The minimum atomic E-state index is -1.87. The maximum absolute atomic E-state index is 13.9. The lowest BCUT2D eigenvalue weighted by atomic mass is 9.82. The van der Waals surface area contributed by atoms with E-state index in [0.29, 0.717) is 5.56 Å². The van der Waals surface area contributed by atoms with Crippen molar-refractivity contribution in [1.82, 2.24) is 13.6 Å². The van der Waals surface area contributed by atoms with Crippen molar-refractivity contribution < 1.29 is 18.8 Å². The van der Waals surface area contributed by atoms with Crippen molar-refractivity contribution in [2.75, 3.05) is 24.7 Å². The lowest BCUT2D eigenvalue weighted by Crippen LogP contribution is -2.26. The van der Waals surface area contributed by atoms with E-state index in [2.05, 4.69) is 19.4 Å². The molecule has 0 fully saturated rings. The van der Waals surface area contributed by atoms with Crippen molar-refractivity contribution in [3.63, 3.8) is 0 Å². The third kappa shape index (κ3) is 5.14. The van der Waals surface area contributed by atoms with Gasteiger partial charge in [0.1, 0.15) is 5.82 Å². The van der Waals surface area contributed by atoms with E-state index < -0.39 is 11.1 Å². The molecule has 0 saturated carbocycles. The monoisotopic (exact) mass is 459 g/mol. The lowest BCUT2D eigenvalue weighted by Gasteiger charge is -2.31. The molecule has 3 N–H and O–H groups in total. The number of nitrogens with zero attached hydrogens (tertiary/aromatic N) is 3. The highest BCUT2D eigenvalue weighted by molar-refractivity contribution is 7.14. The Morgan fingerprint density at radius 2 is 1.81 bits per heavy atom. The van der Waals surface area contributed by atoms with Gasteiger partial charge in [-0.2, -0.15) is 0 Å². The fourth-order valence-corrected chi connectivity index (χ4v) is 3.87. The normalized spacial score (nSPS) is 12.9. The molecular weight excluding hydrogens is 433 g/mol. The SMILES string of the molecule is CN(C)C(=O)c1cccc(Nc2n[s+]([O-])nc2NC(c2cccc(F)c2)C(C)(C)C)c1O. The average molecular weight is 460 g/mol. The highest BCUT2D eigenvalue weighted by Gasteiger charge is 2.30. The summed E-state index contributed by atoms with van der Waals surface area (Å²) in [5, 5.41) is 16.7. The number of amides is 1. The van der Waals surface area contributed by atoms with Crippen LogP contribution in [0.4, 0.5) is 21.7 Å². The number of rotatable bonds is 6. The van der Waals surface area contributed by atoms with E-state index in [0.717, 1.165) is 0 Å². The number of benzene rings is 2. The number of carbonyl (C=O) groups excluding carboxylic acids is 1. The molecule has 170 valence electrons. The molecule has 2 atom stereocenters. The molecule has 3 rings (SSSR count). The molecule has 0 aliphatic heterocycles. The first-order valence-corrected chi connectivity index (χ1v) is 11.0. The van der Waals surface area contributed by atoms with Crippen LogP contribution in [0.5, 0.6) is 5.75 Å². The number of aromatic hydroxyl groups is 1. The molecule has 1 heterocycles. The molecule has 1 amide bonds. The fraction of sp³-hybridized carbons (Fsp3) is 0.318. The van der Waals surface area contributed by atoms with Crippen molar-refractivity contribution in [3.8, 4) is 5.75 Å². The number of halogens is 1. The highest BCUT2D eigenvalue weighted by atomic mass is 32.2. The van der Waals surface area contributed by atoms with Crippen molar-refractivity contribution in [2.24, 2.45) is 5.41 Å². The number of hydrogen-bond donors (Lipinski definition) is 3. The van der Waals surface area contributed by atoms with Crippen LogP contribution in [0.25, 0.3) is 0 Å².